The predicted molar refractivity (Wildman–Crippen MR) is 108 cm³/mol. The van der Waals surface area contributed by atoms with Gasteiger partial charge < -0.3 is 15.4 Å². The zero-order chi connectivity index (χ0) is 19.6. The standard InChI is InChI=1S/C21H33N3O3/c1-4-24(15-20(25)23-18-11-8-12-19(13-18)27-3)16(2)21(26)22-14-17-9-6-5-7-10-17/h8,11-13,16-17H,4-7,9-10,14-15H2,1-3H3,(H,22,26)(H,23,25). The molecule has 0 spiro atoms. The first-order valence-corrected chi connectivity index (χ1v) is 9.99. The lowest BCUT2D eigenvalue weighted by molar-refractivity contribution is -0.127. The summed E-state index contributed by atoms with van der Waals surface area (Å²) in [5.74, 6) is 1.14. The van der Waals surface area contributed by atoms with E-state index in [-0.39, 0.29) is 24.4 Å². The monoisotopic (exact) mass is 375 g/mol. The van der Waals surface area contributed by atoms with Crippen LogP contribution in [0.3, 0.4) is 0 Å². The fourth-order valence-electron chi connectivity index (χ4n) is 3.56. The Morgan fingerprint density at radius 2 is 2.00 bits per heavy atom. The fraction of sp³-hybridized carbons (Fsp3) is 0.619. The van der Waals surface area contributed by atoms with Crippen molar-refractivity contribution in [3.63, 3.8) is 0 Å². The van der Waals surface area contributed by atoms with Crippen LogP contribution in [0, 0.1) is 5.92 Å². The van der Waals surface area contributed by atoms with E-state index in [4.69, 9.17) is 4.74 Å². The highest BCUT2D eigenvalue weighted by atomic mass is 16.5. The van der Waals surface area contributed by atoms with Crippen LogP contribution in [0.2, 0.25) is 0 Å². The van der Waals surface area contributed by atoms with Gasteiger partial charge in [-0.3, -0.25) is 14.5 Å². The van der Waals surface area contributed by atoms with Crippen LogP contribution in [0.4, 0.5) is 5.69 Å². The van der Waals surface area contributed by atoms with E-state index in [0.29, 0.717) is 23.9 Å². The molecule has 0 bridgehead atoms. The van der Waals surface area contributed by atoms with E-state index in [0.717, 1.165) is 6.54 Å². The molecule has 0 saturated heterocycles. The van der Waals surface area contributed by atoms with Gasteiger partial charge in [-0.15, -0.1) is 0 Å². The fourth-order valence-corrected chi connectivity index (χ4v) is 3.56. The lowest BCUT2D eigenvalue weighted by Crippen LogP contribution is -2.48. The third kappa shape index (κ3) is 6.86. The maximum Gasteiger partial charge on any atom is 0.238 e. The van der Waals surface area contributed by atoms with Gasteiger partial charge in [0.05, 0.1) is 19.7 Å². The van der Waals surface area contributed by atoms with E-state index in [1.54, 1.807) is 13.2 Å². The van der Waals surface area contributed by atoms with Gasteiger partial charge in [-0.1, -0.05) is 32.3 Å². The van der Waals surface area contributed by atoms with Gasteiger partial charge in [0, 0.05) is 18.3 Å². The van der Waals surface area contributed by atoms with Gasteiger partial charge in [-0.25, -0.2) is 0 Å². The van der Waals surface area contributed by atoms with Gasteiger partial charge in [0.15, 0.2) is 0 Å². The highest BCUT2D eigenvalue weighted by Crippen LogP contribution is 2.22. The Bertz CT molecular complexity index is 614. The molecule has 1 atom stereocenters. The van der Waals surface area contributed by atoms with Crippen molar-refractivity contribution in [1.82, 2.24) is 10.2 Å². The molecule has 2 amide bonds. The quantitative estimate of drug-likeness (QED) is 0.696. The second-order valence-corrected chi connectivity index (χ2v) is 7.27. The smallest absolute Gasteiger partial charge is 0.238 e. The van der Waals surface area contributed by atoms with Gasteiger partial charge in [0.1, 0.15) is 5.75 Å². The maximum atomic E-state index is 12.5. The van der Waals surface area contributed by atoms with Gasteiger partial charge in [-0.05, 0) is 44.4 Å². The van der Waals surface area contributed by atoms with Crippen LogP contribution in [0.15, 0.2) is 24.3 Å². The number of amides is 2. The van der Waals surface area contributed by atoms with E-state index in [2.05, 4.69) is 10.6 Å². The van der Waals surface area contributed by atoms with Crippen molar-refractivity contribution >= 4 is 17.5 Å². The first-order valence-electron chi connectivity index (χ1n) is 9.99. The molecule has 1 aliphatic rings. The second-order valence-electron chi connectivity index (χ2n) is 7.27. The average Bonchev–Trinajstić information content (AvgIpc) is 2.70. The molecule has 6 heteroatoms. The number of carbonyl (C=O) groups is 2. The molecule has 1 aliphatic carbocycles. The number of nitrogens with zero attached hydrogens (tertiary/aromatic N) is 1. The Morgan fingerprint density at radius 1 is 1.26 bits per heavy atom. The van der Waals surface area contributed by atoms with Crippen molar-refractivity contribution in [2.45, 2.75) is 52.0 Å². The average molecular weight is 376 g/mol. The SMILES string of the molecule is CCN(CC(=O)Nc1cccc(OC)c1)C(C)C(=O)NCC1CCCCC1. The van der Waals surface area contributed by atoms with E-state index in [1.807, 2.05) is 36.9 Å². The summed E-state index contributed by atoms with van der Waals surface area (Å²) < 4.78 is 5.17. The van der Waals surface area contributed by atoms with Crippen LogP contribution in [-0.4, -0.2) is 49.5 Å². The Morgan fingerprint density at radius 3 is 2.67 bits per heavy atom. The number of hydrogen-bond donors (Lipinski definition) is 2. The molecular weight excluding hydrogens is 342 g/mol. The van der Waals surface area contributed by atoms with Crippen molar-refractivity contribution in [2.75, 3.05) is 32.1 Å². The Hall–Kier alpha value is -2.08. The first kappa shape index (κ1) is 21.2. The number of ether oxygens (including phenoxy) is 1. The van der Waals surface area contributed by atoms with Crippen molar-refractivity contribution in [2.24, 2.45) is 5.92 Å². The van der Waals surface area contributed by atoms with Crippen molar-refractivity contribution in [1.29, 1.82) is 0 Å². The molecule has 1 fully saturated rings. The normalized spacial score (nSPS) is 16.0. The molecule has 27 heavy (non-hydrogen) atoms. The summed E-state index contributed by atoms with van der Waals surface area (Å²) in [4.78, 5) is 26.8. The summed E-state index contributed by atoms with van der Waals surface area (Å²) in [5, 5.41) is 5.94. The number of methoxy groups -OCH3 is 1. The third-order valence-electron chi connectivity index (χ3n) is 5.32. The van der Waals surface area contributed by atoms with Crippen LogP contribution in [-0.2, 0) is 9.59 Å². The highest BCUT2D eigenvalue weighted by Gasteiger charge is 2.23. The minimum atomic E-state index is -0.338. The molecule has 0 radical (unpaired) electrons. The third-order valence-corrected chi connectivity index (χ3v) is 5.32. The van der Waals surface area contributed by atoms with Crippen molar-refractivity contribution in [3.8, 4) is 5.75 Å². The van der Waals surface area contributed by atoms with Crippen LogP contribution in [0.5, 0.6) is 5.75 Å². The summed E-state index contributed by atoms with van der Waals surface area (Å²) in [5.41, 5.74) is 0.685. The molecule has 1 aromatic carbocycles. The van der Waals surface area contributed by atoms with Crippen LogP contribution in [0.25, 0.3) is 0 Å². The number of carbonyl (C=O) groups excluding carboxylic acids is 2. The van der Waals surface area contributed by atoms with Crippen LogP contribution < -0.4 is 15.4 Å². The van der Waals surface area contributed by atoms with E-state index in [9.17, 15) is 9.59 Å². The number of rotatable bonds is 9. The van der Waals surface area contributed by atoms with Gasteiger partial charge in [0.25, 0.3) is 0 Å². The van der Waals surface area contributed by atoms with Crippen LogP contribution in [0.1, 0.15) is 46.0 Å². The Balaban J connectivity index is 1.82. The summed E-state index contributed by atoms with van der Waals surface area (Å²) in [7, 11) is 1.59. The number of anilines is 1. The molecule has 0 aromatic heterocycles. The molecular formula is C21H33N3O3. The molecule has 150 valence electrons. The number of hydrogen-bond acceptors (Lipinski definition) is 4. The van der Waals surface area contributed by atoms with Gasteiger partial charge >= 0.3 is 0 Å². The zero-order valence-electron chi connectivity index (χ0n) is 16.8. The largest absolute Gasteiger partial charge is 0.497 e. The van der Waals surface area contributed by atoms with Gasteiger partial charge in [0.2, 0.25) is 11.8 Å². The highest BCUT2D eigenvalue weighted by molar-refractivity contribution is 5.93. The molecule has 1 saturated carbocycles. The van der Waals surface area contributed by atoms with E-state index >= 15 is 0 Å². The number of nitrogens with one attached hydrogen (secondary N) is 2. The zero-order valence-corrected chi connectivity index (χ0v) is 16.8. The summed E-state index contributed by atoms with van der Waals surface area (Å²) in [6.07, 6.45) is 6.25. The molecule has 0 heterocycles. The molecule has 6 nitrogen and oxygen atoms in total. The van der Waals surface area contributed by atoms with E-state index in [1.165, 1.54) is 32.1 Å². The Labute approximate surface area is 162 Å². The topological polar surface area (TPSA) is 70.7 Å². The first-order chi connectivity index (χ1) is 13.0. The number of benzene rings is 1. The molecule has 1 unspecified atom stereocenters. The lowest BCUT2D eigenvalue weighted by atomic mass is 9.89. The lowest BCUT2D eigenvalue weighted by Gasteiger charge is -2.28. The maximum absolute atomic E-state index is 12.5. The van der Waals surface area contributed by atoms with Crippen molar-refractivity contribution in [3.05, 3.63) is 24.3 Å². The minimum Gasteiger partial charge on any atom is -0.497 e. The van der Waals surface area contributed by atoms with Gasteiger partial charge in [-0.2, -0.15) is 0 Å². The predicted octanol–water partition coefficient (Wildman–Crippen LogP) is 3.04. The summed E-state index contributed by atoms with van der Waals surface area (Å²) in [6.45, 7) is 5.37. The second kappa shape index (κ2) is 10.9. The Kier molecular flexibility index (Phi) is 8.58. The minimum absolute atomic E-state index is 0.00314. The number of likely N-dealkylation sites (N-methyl/N-ethyl adjacent to an activating group) is 1. The van der Waals surface area contributed by atoms with Crippen LogP contribution >= 0.6 is 0 Å². The van der Waals surface area contributed by atoms with E-state index < -0.39 is 0 Å². The summed E-state index contributed by atoms with van der Waals surface area (Å²) >= 11 is 0. The molecule has 2 N–H and O–H groups in total. The molecule has 2 rings (SSSR count). The molecule has 1 aromatic rings. The van der Waals surface area contributed by atoms with Crippen molar-refractivity contribution < 1.29 is 14.3 Å². The summed E-state index contributed by atoms with van der Waals surface area (Å²) in [6, 6.07) is 6.90. The molecule has 0 aliphatic heterocycles.